The van der Waals surface area contributed by atoms with E-state index in [1.165, 1.54) is 11.8 Å². The lowest BCUT2D eigenvalue weighted by Gasteiger charge is -2.13. The van der Waals surface area contributed by atoms with Crippen molar-refractivity contribution in [3.05, 3.63) is 69.8 Å². The molecule has 1 N–H and O–H groups in total. The van der Waals surface area contributed by atoms with E-state index in [1.807, 2.05) is 50.2 Å². The molecule has 0 aliphatic carbocycles. The highest BCUT2D eigenvalue weighted by Gasteiger charge is 2.20. The first-order valence-corrected chi connectivity index (χ1v) is 11.1. The molecular formula is C22H19N7O3S. The summed E-state index contributed by atoms with van der Waals surface area (Å²) in [6, 6.07) is 13.2. The van der Waals surface area contributed by atoms with Gasteiger partial charge in [0.05, 0.1) is 22.3 Å². The Morgan fingerprint density at radius 1 is 1.12 bits per heavy atom. The van der Waals surface area contributed by atoms with Crippen molar-refractivity contribution in [2.75, 3.05) is 11.1 Å². The molecule has 33 heavy (non-hydrogen) atoms. The summed E-state index contributed by atoms with van der Waals surface area (Å²) in [7, 11) is 0. The average molecular weight is 462 g/mol. The summed E-state index contributed by atoms with van der Waals surface area (Å²) in [6.07, 6.45) is 0. The van der Waals surface area contributed by atoms with Crippen LogP contribution in [0.25, 0.3) is 22.4 Å². The first-order chi connectivity index (χ1) is 15.9. The van der Waals surface area contributed by atoms with Gasteiger partial charge in [0.15, 0.2) is 11.0 Å². The standard InChI is InChI=1S/C22H19N7O3S/c1-12-8-9-16(13(2)10-12)28-19(31)15-6-4-5-7-17(15)29-21(28)25-26-22(29)33-11-18(30)24-20-23-14(3)27-32-20/h4-10H,11H2,1-3H3,(H,23,24,27,30). The van der Waals surface area contributed by atoms with Gasteiger partial charge in [-0.25, -0.2) is 4.57 Å². The first-order valence-electron chi connectivity index (χ1n) is 10.1. The minimum absolute atomic E-state index is 0.0401. The van der Waals surface area contributed by atoms with Crippen molar-refractivity contribution >= 4 is 40.4 Å². The zero-order valence-corrected chi connectivity index (χ0v) is 18.9. The number of aryl methyl sites for hydroxylation is 3. The van der Waals surface area contributed by atoms with Crippen LogP contribution < -0.4 is 10.9 Å². The Labute approximate surface area is 191 Å². The van der Waals surface area contributed by atoms with Gasteiger partial charge in [0.2, 0.25) is 11.7 Å². The molecule has 11 heteroatoms. The highest BCUT2D eigenvalue weighted by atomic mass is 32.2. The third kappa shape index (κ3) is 3.76. The van der Waals surface area contributed by atoms with Crippen LogP contribution in [0.5, 0.6) is 0 Å². The molecule has 3 heterocycles. The van der Waals surface area contributed by atoms with Crippen LogP contribution in [0.15, 0.2) is 56.9 Å². The maximum Gasteiger partial charge on any atom is 0.328 e. The van der Waals surface area contributed by atoms with Gasteiger partial charge in [-0.3, -0.25) is 19.3 Å². The number of benzene rings is 2. The first kappa shape index (κ1) is 20.9. The molecule has 1 amide bonds. The summed E-state index contributed by atoms with van der Waals surface area (Å²) in [5.41, 5.74) is 3.26. The molecule has 0 radical (unpaired) electrons. The van der Waals surface area contributed by atoms with Crippen molar-refractivity contribution in [3.63, 3.8) is 0 Å². The predicted octanol–water partition coefficient (Wildman–Crippen LogP) is 3.07. The molecule has 0 saturated carbocycles. The number of fused-ring (bicyclic) bond motifs is 3. The molecule has 0 atom stereocenters. The Morgan fingerprint density at radius 2 is 1.94 bits per heavy atom. The van der Waals surface area contributed by atoms with Gasteiger partial charge in [-0.15, -0.1) is 10.2 Å². The Bertz CT molecular complexity index is 1580. The number of nitrogens with zero attached hydrogens (tertiary/aromatic N) is 6. The van der Waals surface area contributed by atoms with Crippen molar-refractivity contribution in [1.82, 2.24) is 29.3 Å². The summed E-state index contributed by atoms with van der Waals surface area (Å²) in [5.74, 6) is 0.518. The second-order valence-corrected chi connectivity index (χ2v) is 8.49. The fraction of sp³-hybridized carbons (Fsp3) is 0.182. The fourth-order valence-corrected chi connectivity index (χ4v) is 4.42. The summed E-state index contributed by atoms with van der Waals surface area (Å²) in [6.45, 7) is 5.62. The number of nitrogens with one attached hydrogen (secondary N) is 1. The lowest BCUT2D eigenvalue weighted by Crippen LogP contribution is -2.22. The zero-order valence-electron chi connectivity index (χ0n) is 18.1. The van der Waals surface area contributed by atoms with Crippen molar-refractivity contribution in [3.8, 4) is 5.69 Å². The van der Waals surface area contributed by atoms with E-state index in [4.69, 9.17) is 4.52 Å². The molecule has 3 aromatic heterocycles. The SMILES string of the molecule is Cc1ccc(-n2c(=O)c3ccccc3n3c(SCC(=O)Nc4nc(C)no4)nnc23)c(C)c1. The van der Waals surface area contributed by atoms with Crippen LogP contribution >= 0.6 is 11.8 Å². The molecule has 5 rings (SSSR count). The van der Waals surface area contributed by atoms with Gasteiger partial charge in [0, 0.05) is 0 Å². The van der Waals surface area contributed by atoms with Gasteiger partial charge in [-0.1, -0.05) is 46.7 Å². The van der Waals surface area contributed by atoms with E-state index >= 15 is 0 Å². The molecule has 0 aliphatic heterocycles. The fourth-order valence-electron chi connectivity index (χ4n) is 3.68. The Balaban J connectivity index is 1.59. The third-order valence-corrected chi connectivity index (χ3v) is 6.02. The third-order valence-electron chi connectivity index (χ3n) is 5.09. The van der Waals surface area contributed by atoms with Crippen molar-refractivity contribution < 1.29 is 9.32 Å². The van der Waals surface area contributed by atoms with Crippen LogP contribution in [0, 0.1) is 20.8 Å². The van der Waals surface area contributed by atoms with Gasteiger partial charge in [0.1, 0.15) is 0 Å². The van der Waals surface area contributed by atoms with Crippen LogP contribution in [0.4, 0.5) is 6.01 Å². The molecular weight excluding hydrogens is 442 g/mol. The quantitative estimate of drug-likeness (QED) is 0.397. The van der Waals surface area contributed by atoms with Gasteiger partial charge in [-0.2, -0.15) is 4.98 Å². The van der Waals surface area contributed by atoms with Crippen LogP contribution in [0.1, 0.15) is 17.0 Å². The molecule has 0 bridgehead atoms. The molecule has 0 saturated heterocycles. The van der Waals surface area contributed by atoms with E-state index < -0.39 is 0 Å². The molecule has 5 aromatic rings. The number of thioether (sulfide) groups is 1. The van der Waals surface area contributed by atoms with Crippen LogP contribution in [0.3, 0.4) is 0 Å². The minimum Gasteiger partial charge on any atom is -0.315 e. The second-order valence-electron chi connectivity index (χ2n) is 7.55. The topological polar surface area (TPSA) is 120 Å². The largest absolute Gasteiger partial charge is 0.328 e. The van der Waals surface area contributed by atoms with Gasteiger partial charge < -0.3 is 4.52 Å². The normalized spacial score (nSPS) is 11.4. The van der Waals surface area contributed by atoms with E-state index in [9.17, 15) is 9.59 Å². The maximum absolute atomic E-state index is 13.4. The lowest BCUT2D eigenvalue weighted by molar-refractivity contribution is -0.114. The molecule has 2 aromatic carbocycles. The number of carbonyl (C=O) groups excluding carboxylic acids is 1. The smallest absolute Gasteiger partial charge is 0.315 e. The van der Waals surface area contributed by atoms with E-state index in [-0.39, 0.29) is 23.2 Å². The monoisotopic (exact) mass is 461 g/mol. The number of hydrogen-bond acceptors (Lipinski definition) is 8. The number of aromatic nitrogens is 6. The van der Waals surface area contributed by atoms with Crippen LogP contribution in [0.2, 0.25) is 0 Å². The Hall–Kier alpha value is -3.99. The summed E-state index contributed by atoms with van der Waals surface area (Å²) >= 11 is 1.19. The molecule has 0 fully saturated rings. The predicted molar refractivity (Wildman–Crippen MR) is 124 cm³/mol. The summed E-state index contributed by atoms with van der Waals surface area (Å²) in [4.78, 5) is 29.8. The van der Waals surface area contributed by atoms with Crippen LogP contribution in [-0.4, -0.2) is 41.0 Å². The Morgan fingerprint density at radius 3 is 2.70 bits per heavy atom. The second kappa shape index (κ2) is 8.17. The van der Waals surface area contributed by atoms with E-state index in [0.29, 0.717) is 27.7 Å². The molecule has 10 nitrogen and oxygen atoms in total. The van der Waals surface area contributed by atoms with E-state index in [1.54, 1.807) is 22.0 Å². The highest BCUT2D eigenvalue weighted by Crippen LogP contribution is 2.24. The van der Waals surface area contributed by atoms with Gasteiger partial charge in [-0.05, 0) is 44.5 Å². The lowest BCUT2D eigenvalue weighted by atomic mass is 10.1. The average Bonchev–Trinajstić information content (AvgIpc) is 3.39. The zero-order chi connectivity index (χ0) is 23.1. The molecule has 0 aliphatic rings. The summed E-state index contributed by atoms with van der Waals surface area (Å²) in [5, 5.41) is 15.8. The van der Waals surface area contributed by atoms with Crippen molar-refractivity contribution in [2.45, 2.75) is 25.9 Å². The Kier molecular flexibility index (Phi) is 5.17. The van der Waals surface area contributed by atoms with E-state index in [0.717, 1.165) is 16.8 Å². The summed E-state index contributed by atoms with van der Waals surface area (Å²) < 4.78 is 8.29. The maximum atomic E-state index is 13.4. The molecule has 166 valence electrons. The number of anilines is 1. The van der Waals surface area contributed by atoms with Gasteiger partial charge in [0.25, 0.3) is 5.56 Å². The number of carbonyl (C=O) groups is 1. The molecule has 0 unspecified atom stereocenters. The number of para-hydroxylation sites is 1. The van der Waals surface area contributed by atoms with Crippen molar-refractivity contribution in [1.29, 1.82) is 0 Å². The number of hydrogen-bond donors (Lipinski definition) is 1. The van der Waals surface area contributed by atoms with Crippen LogP contribution in [-0.2, 0) is 4.79 Å². The molecule has 0 spiro atoms. The minimum atomic E-state index is -0.326. The highest BCUT2D eigenvalue weighted by molar-refractivity contribution is 7.99. The number of rotatable bonds is 5. The number of amides is 1. The van der Waals surface area contributed by atoms with E-state index in [2.05, 4.69) is 25.7 Å². The van der Waals surface area contributed by atoms with Gasteiger partial charge >= 0.3 is 6.01 Å². The van der Waals surface area contributed by atoms with Crippen molar-refractivity contribution in [2.24, 2.45) is 0 Å².